The molecule has 0 amide bonds. The van der Waals surface area contributed by atoms with E-state index in [4.69, 9.17) is 11.6 Å². The van der Waals surface area contributed by atoms with Crippen LogP contribution in [-0.4, -0.2) is 34.1 Å². The normalized spacial score (nSPS) is 18.8. The molecule has 0 saturated carbocycles. The molecule has 1 aliphatic heterocycles. The van der Waals surface area contributed by atoms with Gasteiger partial charge in [-0.05, 0) is 17.7 Å². The van der Waals surface area contributed by atoms with Crippen molar-refractivity contribution >= 4 is 22.9 Å². The van der Waals surface area contributed by atoms with Gasteiger partial charge in [-0.3, -0.25) is 4.90 Å². The van der Waals surface area contributed by atoms with Crippen LogP contribution in [0.15, 0.2) is 54.4 Å². The summed E-state index contributed by atoms with van der Waals surface area (Å²) in [6.45, 7) is 3.91. The van der Waals surface area contributed by atoms with Gasteiger partial charge in [0.2, 0.25) is 0 Å². The number of aromatic nitrogens is 2. The van der Waals surface area contributed by atoms with Crippen molar-refractivity contribution in [2.75, 3.05) is 19.6 Å². The molecule has 3 heterocycles. The van der Waals surface area contributed by atoms with Crippen LogP contribution < -0.4 is 5.32 Å². The van der Waals surface area contributed by atoms with Gasteiger partial charge in [-0.25, -0.2) is 4.98 Å². The summed E-state index contributed by atoms with van der Waals surface area (Å²) < 4.78 is 2.04. The molecule has 24 heavy (non-hydrogen) atoms. The molecule has 4 rings (SSSR count). The van der Waals surface area contributed by atoms with E-state index in [0.717, 1.165) is 31.2 Å². The van der Waals surface area contributed by atoms with Crippen LogP contribution in [0.2, 0.25) is 5.02 Å². The van der Waals surface area contributed by atoms with Crippen molar-refractivity contribution in [1.29, 1.82) is 0 Å². The lowest BCUT2D eigenvalue weighted by molar-refractivity contribution is 0.155. The number of hydrogen-bond acceptors (Lipinski definition) is 4. The first-order valence-corrected chi connectivity index (χ1v) is 9.32. The number of imidazole rings is 1. The summed E-state index contributed by atoms with van der Waals surface area (Å²) >= 11 is 8.23. The van der Waals surface area contributed by atoms with Crippen LogP contribution in [0.25, 0.3) is 5.69 Å². The first kappa shape index (κ1) is 15.8. The molecule has 1 atom stereocenters. The van der Waals surface area contributed by atoms with E-state index in [0.29, 0.717) is 6.04 Å². The Hall–Kier alpha value is -1.66. The van der Waals surface area contributed by atoms with Gasteiger partial charge in [-0.2, -0.15) is 0 Å². The second-order valence-corrected chi connectivity index (χ2v) is 7.36. The van der Waals surface area contributed by atoms with Crippen LogP contribution in [-0.2, 0) is 6.54 Å². The SMILES string of the molecule is Clc1ccccc1C1CNCCN1Cc1cc(-n2ccnc2)cs1. The molecule has 1 unspecified atom stereocenters. The van der Waals surface area contributed by atoms with Gasteiger partial charge in [-0.15, -0.1) is 11.3 Å². The lowest BCUT2D eigenvalue weighted by atomic mass is 10.0. The summed E-state index contributed by atoms with van der Waals surface area (Å²) in [5.74, 6) is 0. The monoisotopic (exact) mass is 358 g/mol. The number of halogens is 1. The minimum absolute atomic E-state index is 0.311. The van der Waals surface area contributed by atoms with Crippen LogP contribution in [0, 0.1) is 0 Å². The molecule has 0 spiro atoms. The van der Waals surface area contributed by atoms with Crippen molar-refractivity contribution < 1.29 is 0 Å². The largest absolute Gasteiger partial charge is 0.314 e. The molecule has 4 nitrogen and oxygen atoms in total. The number of benzene rings is 1. The Balaban J connectivity index is 1.55. The molecule has 1 fully saturated rings. The molecule has 3 aromatic rings. The number of hydrogen-bond donors (Lipinski definition) is 1. The molecular weight excluding hydrogens is 340 g/mol. The number of nitrogens with zero attached hydrogens (tertiary/aromatic N) is 3. The van der Waals surface area contributed by atoms with E-state index in [9.17, 15) is 0 Å². The Kier molecular flexibility index (Phi) is 4.67. The van der Waals surface area contributed by atoms with Crippen LogP contribution in [0.5, 0.6) is 0 Å². The summed E-state index contributed by atoms with van der Waals surface area (Å²) in [6.07, 6.45) is 5.62. The summed E-state index contributed by atoms with van der Waals surface area (Å²) in [6, 6.07) is 10.7. The van der Waals surface area contributed by atoms with E-state index in [2.05, 4.69) is 38.8 Å². The zero-order valence-electron chi connectivity index (χ0n) is 13.2. The Bertz CT molecular complexity index is 799. The van der Waals surface area contributed by atoms with Crippen LogP contribution in [0.4, 0.5) is 0 Å². The zero-order chi connectivity index (χ0) is 16.4. The van der Waals surface area contributed by atoms with Gasteiger partial charge >= 0.3 is 0 Å². The molecule has 1 saturated heterocycles. The summed E-state index contributed by atoms with van der Waals surface area (Å²) in [5.41, 5.74) is 2.38. The molecule has 0 radical (unpaired) electrons. The van der Waals surface area contributed by atoms with E-state index in [1.165, 1.54) is 16.1 Å². The van der Waals surface area contributed by atoms with E-state index in [-0.39, 0.29) is 0 Å². The molecule has 2 aromatic heterocycles. The Morgan fingerprint density at radius 1 is 1.33 bits per heavy atom. The third-order valence-electron chi connectivity index (χ3n) is 4.42. The molecular formula is C18H19ClN4S. The Morgan fingerprint density at radius 2 is 2.25 bits per heavy atom. The summed E-state index contributed by atoms with van der Waals surface area (Å²) in [7, 11) is 0. The second-order valence-electron chi connectivity index (χ2n) is 5.95. The molecule has 1 aliphatic rings. The van der Waals surface area contributed by atoms with E-state index >= 15 is 0 Å². The Labute approximate surface area is 150 Å². The highest BCUT2D eigenvalue weighted by molar-refractivity contribution is 7.10. The second kappa shape index (κ2) is 7.07. The molecule has 124 valence electrons. The molecule has 0 bridgehead atoms. The third-order valence-corrected chi connectivity index (χ3v) is 5.67. The van der Waals surface area contributed by atoms with Crippen molar-refractivity contribution in [3.05, 3.63) is 69.9 Å². The minimum Gasteiger partial charge on any atom is -0.314 e. The van der Waals surface area contributed by atoms with Crippen molar-refractivity contribution in [2.45, 2.75) is 12.6 Å². The van der Waals surface area contributed by atoms with Gasteiger partial charge in [0, 0.05) is 59.9 Å². The van der Waals surface area contributed by atoms with Gasteiger partial charge in [0.1, 0.15) is 0 Å². The van der Waals surface area contributed by atoms with Crippen molar-refractivity contribution in [3.8, 4) is 5.69 Å². The lowest BCUT2D eigenvalue weighted by Gasteiger charge is -2.36. The molecule has 0 aliphatic carbocycles. The maximum absolute atomic E-state index is 6.44. The Morgan fingerprint density at radius 3 is 3.08 bits per heavy atom. The fraction of sp³-hybridized carbons (Fsp3) is 0.278. The van der Waals surface area contributed by atoms with E-state index < -0.39 is 0 Å². The van der Waals surface area contributed by atoms with Crippen molar-refractivity contribution in [3.63, 3.8) is 0 Å². The van der Waals surface area contributed by atoms with E-state index in [1.54, 1.807) is 17.5 Å². The molecule has 1 N–H and O–H groups in total. The maximum atomic E-state index is 6.44. The number of nitrogens with one attached hydrogen (secondary N) is 1. The smallest absolute Gasteiger partial charge is 0.0991 e. The highest BCUT2D eigenvalue weighted by atomic mass is 35.5. The van der Waals surface area contributed by atoms with Crippen molar-refractivity contribution in [1.82, 2.24) is 19.8 Å². The van der Waals surface area contributed by atoms with Gasteiger partial charge < -0.3 is 9.88 Å². The van der Waals surface area contributed by atoms with Gasteiger partial charge in [-0.1, -0.05) is 29.8 Å². The van der Waals surface area contributed by atoms with Gasteiger partial charge in [0.15, 0.2) is 0 Å². The average molecular weight is 359 g/mol. The van der Waals surface area contributed by atoms with E-state index in [1.807, 2.05) is 29.2 Å². The standard InChI is InChI=1S/C18H19ClN4S/c19-17-4-2-1-3-16(17)18-10-20-5-7-22(18)11-15-9-14(12-24-15)23-8-6-21-13-23/h1-4,6,8-9,12-13,18,20H,5,7,10-11H2. The highest BCUT2D eigenvalue weighted by Gasteiger charge is 2.25. The molecule has 6 heteroatoms. The van der Waals surface area contributed by atoms with Crippen LogP contribution in [0.3, 0.4) is 0 Å². The minimum atomic E-state index is 0.311. The maximum Gasteiger partial charge on any atom is 0.0991 e. The number of piperazine rings is 1. The summed E-state index contributed by atoms with van der Waals surface area (Å²) in [5, 5.41) is 6.53. The van der Waals surface area contributed by atoms with Gasteiger partial charge in [0.25, 0.3) is 0 Å². The third kappa shape index (κ3) is 3.26. The fourth-order valence-electron chi connectivity index (χ4n) is 3.19. The predicted molar refractivity (Wildman–Crippen MR) is 98.9 cm³/mol. The van der Waals surface area contributed by atoms with Gasteiger partial charge in [0.05, 0.1) is 12.0 Å². The van der Waals surface area contributed by atoms with Crippen molar-refractivity contribution in [2.24, 2.45) is 0 Å². The summed E-state index contributed by atoms with van der Waals surface area (Å²) in [4.78, 5) is 7.99. The topological polar surface area (TPSA) is 33.1 Å². The first-order chi connectivity index (χ1) is 11.8. The molecule has 1 aromatic carbocycles. The zero-order valence-corrected chi connectivity index (χ0v) is 14.8. The number of thiophene rings is 1. The first-order valence-electron chi connectivity index (χ1n) is 8.06. The van der Waals surface area contributed by atoms with Crippen LogP contribution in [0.1, 0.15) is 16.5 Å². The fourth-order valence-corrected chi connectivity index (χ4v) is 4.34. The highest BCUT2D eigenvalue weighted by Crippen LogP contribution is 2.31. The lowest BCUT2D eigenvalue weighted by Crippen LogP contribution is -2.45. The predicted octanol–water partition coefficient (Wildman–Crippen LogP) is 3.73. The quantitative estimate of drug-likeness (QED) is 0.771. The number of rotatable bonds is 4. The van der Waals surface area contributed by atoms with Crippen LogP contribution >= 0.6 is 22.9 Å². The average Bonchev–Trinajstić information content (AvgIpc) is 3.27.